The lowest BCUT2D eigenvalue weighted by Crippen LogP contribution is -2.47. The van der Waals surface area contributed by atoms with Crippen molar-refractivity contribution in [3.05, 3.63) is 53.1 Å². The van der Waals surface area contributed by atoms with E-state index < -0.39 is 12.0 Å². The first-order valence-corrected chi connectivity index (χ1v) is 14.2. The maximum atomic E-state index is 14.2. The topological polar surface area (TPSA) is 61.6 Å². The number of aryl methyl sites for hydroxylation is 2. The van der Waals surface area contributed by atoms with Crippen LogP contribution in [0.2, 0.25) is 0 Å². The fourth-order valence-electron chi connectivity index (χ4n) is 7.69. The molecule has 0 amide bonds. The minimum Gasteiger partial charge on any atom is -0.480 e. The number of aromatic nitrogens is 2. The average molecular weight is 511 g/mol. The smallest absolute Gasteiger partial charge is 0.321 e. The zero-order valence-corrected chi connectivity index (χ0v) is 22.9. The molecular weight excluding hydrogens is 467 g/mol. The molecule has 0 bridgehead atoms. The van der Waals surface area contributed by atoms with Crippen molar-refractivity contribution in [1.29, 1.82) is 0 Å². The van der Waals surface area contributed by atoms with Gasteiger partial charge in [-0.3, -0.25) is 14.4 Å². The van der Waals surface area contributed by atoms with Crippen LogP contribution in [0, 0.1) is 17.7 Å². The highest BCUT2D eigenvalue weighted by Crippen LogP contribution is 2.47. The maximum absolute atomic E-state index is 14.2. The summed E-state index contributed by atoms with van der Waals surface area (Å²) in [6, 6.07) is 6.73. The minimum atomic E-state index is -0.757. The van der Waals surface area contributed by atoms with Crippen LogP contribution in [0.15, 0.2) is 30.5 Å². The highest BCUT2D eigenvalue weighted by atomic mass is 19.1. The van der Waals surface area contributed by atoms with E-state index in [1.165, 1.54) is 36.6 Å². The Kier molecular flexibility index (Phi) is 7.47. The minimum absolute atomic E-state index is 0.0285. The Labute approximate surface area is 220 Å². The van der Waals surface area contributed by atoms with Crippen molar-refractivity contribution < 1.29 is 14.3 Å². The van der Waals surface area contributed by atoms with Crippen LogP contribution in [0.3, 0.4) is 0 Å². The molecule has 1 saturated heterocycles. The predicted octanol–water partition coefficient (Wildman–Crippen LogP) is 4.93. The quantitative estimate of drug-likeness (QED) is 0.546. The Morgan fingerprint density at radius 3 is 2.65 bits per heavy atom. The van der Waals surface area contributed by atoms with E-state index in [9.17, 15) is 14.3 Å². The number of hydrogen-bond acceptors (Lipinski definition) is 4. The Balaban J connectivity index is 1.30. The molecule has 0 unspecified atom stereocenters. The molecule has 2 fully saturated rings. The molecule has 5 rings (SSSR count). The number of halogens is 1. The van der Waals surface area contributed by atoms with Crippen LogP contribution in [-0.2, 0) is 23.2 Å². The third kappa shape index (κ3) is 5.09. The van der Waals surface area contributed by atoms with E-state index in [0.717, 1.165) is 51.0 Å². The van der Waals surface area contributed by atoms with Crippen molar-refractivity contribution in [3.63, 3.8) is 0 Å². The number of likely N-dealkylation sites (tertiary alicyclic amines) is 1. The molecule has 7 heteroatoms. The summed E-state index contributed by atoms with van der Waals surface area (Å²) in [6.45, 7) is 10.2. The van der Waals surface area contributed by atoms with E-state index in [0.29, 0.717) is 5.92 Å². The number of benzene rings is 1. The van der Waals surface area contributed by atoms with Crippen LogP contribution in [0.4, 0.5) is 4.39 Å². The van der Waals surface area contributed by atoms with Gasteiger partial charge in [-0.15, -0.1) is 0 Å². The fraction of sp³-hybridized carbons (Fsp3) is 0.667. The molecule has 1 aliphatic heterocycles. The zero-order valence-electron chi connectivity index (χ0n) is 22.9. The summed E-state index contributed by atoms with van der Waals surface area (Å²) in [5, 5.41) is 14.7. The zero-order chi connectivity index (χ0) is 26.3. The van der Waals surface area contributed by atoms with Crippen molar-refractivity contribution in [2.75, 3.05) is 26.7 Å². The monoisotopic (exact) mass is 510 g/mol. The van der Waals surface area contributed by atoms with E-state index in [2.05, 4.69) is 33.7 Å². The lowest BCUT2D eigenvalue weighted by atomic mass is 9.74. The summed E-state index contributed by atoms with van der Waals surface area (Å²) in [5.41, 5.74) is 4.13. The summed E-state index contributed by atoms with van der Waals surface area (Å²) in [7, 11) is 1.97. The molecular formula is C30H43FN4O2. The molecule has 1 N–H and O–H groups in total. The molecule has 202 valence electrons. The predicted molar refractivity (Wildman–Crippen MR) is 143 cm³/mol. The van der Waals surface area contributed by atoms with Crippen LogP contribution in [0.25, 0.3) is 0 Å². The van der Waals surface area contributed by atoms with E-state index in [1.54, 1.807) is 6.07 Å². The van der Waals surface area contributed by atoms with Gasteiger partial charge in [0.15, 0.2) is 0 Å². The molecule has 6 nitrogen and oxygen atoms in total. The van der Waals surface area contributed by atoms with Crippen LogP contribution >= 0.6 is 0 Å². The van der Waals surface area contributed by atoms with E-state index in [4.69, 9.17) is 5.10 Å². The average Bonchev–Trinajstić information content (AvgIpc) is 3.55. The highest BCUT2D eigenvalue weighted by Gasteiger charge is 2.45. The molecule has 1 spiro atoms. The second kappa shape index (κ2) is 10.5. The van der Waals surface area contributed by atoms with E-state index in [1.807, 2.05) is 27.0 Å². The van der Waals surface area contributed by atoms with Crippen molar-refractivity contribution in [3.8, 4) is 0 Å². The van der Waals surface area contributed by atoms with Gasteiger partial charge < -0.3 is 10.0 Å². The summed E-state index contributed by atoms with van der Waals surface area (Å²) >= 11 is 0. The van der Waals surface area contributed by atoms with Gasteiger partial charge >= 0.3 is 5.97 Å². The lowest BCUT2D eigenvalue weighted by molar-refractivity contribution is -0.145. The molecule has 3 aliphatic rings. The molecule has 37 heavy (non-hydrogen) atoms. The van der Waals surface area contributed by atoms with Crippen LogP contribution in [0.1, 0.15) is 75.6 Å². The maximum Gasteiger partial charge on any atom is 0.321 e. The molecule has 1 aromatic carbocycles. The van der Waals surface area contributed by atoms with Crippen LogP contribution in [-0.4, -0.2) is 69.4 Å². The van der Waals surface area contributed by atoms with Gasteiger partial charge in [-0.1, -0.05) is 26.0 Å². The number of carboxylic acids is 1. The first-order chi connectivity index (χ1) is 17.7. The fourth-order valence-corrected chi connectivity index (χ4v) is 7.69. The lowest BCUT2D eigenvalue weighted by Gasteiger charge is -2.41. The highest BCUT2D eigenvalue weighted by molar-refractivity contribution is 5.73. The molecule has 2 aliphatic carbocycles. The molecule has 1 saturated carbocycles. The summed E-state index contributed by atoms with van der Waals surface area (Å²) in [5.74, 6) is -0.302. The number of rotatable bonds is 8. The number of hydrogen-bond donors (Lipinski definition) is 1. The van der Waals surface area contributed by atoms with Crippen LogP contribution < -0.4 is 0 Å². The number of carbonyl (C=O) groups is 1. The number of fused-ring (bicyclic) bond motifs is 2. The second-order valence-electron chi connectivity index (χ2n) is 12.2. The third-order valence-corrected chi connectivity index (χ3v) is 9.73. The standard InChI is InChI=1S/C30H43FN4O2/c1-5-35-19-26-27(32-35)9-10-30(26)11-13-34(14-12-30)18-22-16-24(33(4)28(20(2)3)29(36)37)17-25(22)21-7-6-8-23(31)15-21/h6-8,15,19-20,22,24-25,28H,5,9-14,16-18H2,1-4H3,(H,36,37)/t22-,24+,25-,28-/m1/s1. The van der Waals surface area contributed by atoms with Gasteiger partial charge in [0, 0.05) is 30.7 Å². The summed E-state index contributed by atoms with van der Waals surface area (Å²) in [4.78, 5) is 16.8. The van der Waals surface area contributed by atoms with Crippen molar-refractivity contribution >= 4 is 5.97 Å². The van der Waals surface area contributed by atoms with Crippen LogP contribution in [0.5, 0.6) is 0 Å². The second-order valence-corrected chi connectivity index (χ2v) is 12.2. The van der Waals surface area contributed by atoms with Gasteiger partial charge in [0.05, 0.1) is 5.69 Å². The first-order valence-electron chi connectivity index (χ1n) is 14.2. The van der Waals surface area contributed by atoms with Crippen molar-refractivity contribution in [1.82, 2.24) is 19.6 Å². The number of likely N-dealkylation sites (N-methyl/N-ethyl adjacent to an activating group) is 1. The Morgan fingerprint density at radius 1 is 1.24 bits per heavy atom. The summed E-state index contributed by atoms with van der Waals surface area (Å²) in [6.07, 6.45) is 8.78. The number of nitrogens with zero attached hydrogens (tertiary/aromatic N) is 4. The number of piperidine rings is 1. The number of aliphatic carboxylic acids is 1. The molecule has 2 aromatic rings. The number of carboxylic acid groups (broad SMARTS) is 1. The van der Waals surface area contributed by atoms with Gasteiger partial charge in [0.2, 0.25) is 0 Å². The Hall–Kier alpha value is -2.25. The normalized spacial score (nSPS) is 26.3. The largest absolute Gasteiger partial charge is 0.480 e. The van der Waals surface area contributed by atoms with E-state index in [-0.39, 0.29) is 29.1 Å². The Bertz CT molecular complexity index is 1110. The molecule has 4 atom stereocenters. The SMILES string of the molecule is CCn1cc2c(n1)CCC21CCN(C[C@H]2C[C@H](N(C)[C@@H](C(=O)O)C(C)C)C[C@@H]2c2cccc(F)c2)CC1. The van der Waals surface area contributed by atoms with Gasteiger partial charge in [-0.25, -0.2) is 4.39 Å². The summed E-state index contributed by atoms with van der Waals surface area (Å²) < 4.78 is 16.3. The van der Waals surface area contributed by atoms with Gasteiger partial charge in [-0.2, -0.15) is 5.10 Å². The van der Waals surface area contributed by atoms with Gasteiger partial charge in [0.1, 0.15) is 11.9 Å². The van der Waals surface area contributed by atoms with E-state index >= 15 is 0 Å². The third-order valence-electron chi connectivity index (χ3n) is 9.73. The van der Waals surface area contributed by atoms with Crippen molar-refractivity contribution in [2.24, 2.45) is 11.8 Å². The molecule has 2 heterocycles. The molecule has 0 radical (unpaired) electrons. The Morgan fingerprint density at radius 2 is 2.00 bits per heavy atom. The van der Waals surface area contributed by atoms with Gasteiger partial charge in [0.25, 0.3) is 0 Å². The van der Waals surface area contributed by atoms with Crippen molar-refractivity contribution in [2.45, 2.75) is 89.3 Å². The molecule has 1 aromatic heterocycles. The first kappa shape index (κ1) is 26.4. The van der Waals surface area contributed by atoms with Gasteiger partial charge in [-0.05, 0) is 107 Å².